The molecule has 0 amide bonds. The van der Waals surface area contributed by atoms with Gasteiger partial charge in [0.15, 0.2) is 17.5 Å². The van der Waals surface area contributed by atoms with Crippen molar-refractivity contribution in [3.63, 3.8) is 0 Å². The van der Waals surface area contributed by atoms with E-state index in [2.05, 4.69) is 131 Å². The molecule has 0 unspecified atom stereocenters. The molecule has 1 aromatic heterocycles. The number of benzene rings is 7. The van der Waals surface area contributed by atoms with Gasteiger partial charge in [-0.1, -0.05) is 149 Å². The molecule has 0 saturated heterocycles. The van der Waals surface area contributed by atoms with Gasteiger partial charge in [0.05, 0.1) is 0 Å². The molecular weight excluding hydrogens is 607 g/mol. The first-order chi connectivity index (χ1) is 24.3. The Kier molecular flexibility index (Phi) is 5.97. The zero-order valence-electron chi connectivity index (χ0n) is 28.6. The standard InChI is InChI=1S/C47H35N3/c1-46(2)37-24-23-28-15-11-12-20-31(28)41(37)35-26-39-36(27-38(35)46)42-33-22-14-13-21-32(33)34(25-40(42)47(39,3)4)45-49-43(29-16-7-5-8-17-29)48-44(50-45)30-18-9-6-10-19-30/h5-27H,1-4H3. The van der Waals surface area contributed by atoms with Crippen molar-refractivity contribution in [2.24, 2.45) is 0 Å². The van der Waals surface area contributed by atoms with Crippen LogP contribution in [0, 0.1) is 0 Å². The van der Waals surface area contributed by atoms with Crippen molar-refractivity contribution in [1.82, 2.24) is 15.0 Å². The average molecular weight is 642 g/mol. The van der Waals surface area contributed by atoms with E-state index >= 15 is 0 Å². The van der Waals surface area contributed by atoms with E-state index < -0.39 is 0 Å². The number of nitrogens with zero attached hydrogens (tertiary/aromatic N) is 3. The van der Waals surface area contributed by atoms with Gasteiger partial charge in [-0.3, -0.25) is 0 Å². The van der Waals surface area contributed by atoms with Crippen LogP contribution in [0.25, 0.3) is 78.0 Å². The predicted molar refractivity (Wildman–Crippen MR) is 206 cm³/mol. The van der Waals surface area contributed by atoms with Crippen LogP contribution in [0.15, 0.2) is 140 Å². The van der Waals surface area contributed by atoms with Gasteiger partial charge in [0, 0.05) is 27.5 Å². The maximum Gasteiger partial charge on any atom is 0.164 e. The van der Waals surface area contributed by atoms with Gasteiger partial charge in [-0.2, -0.15) is 0 Å². The van der Waals surface area contributed by atoms with Crippen LogP contribution < -0.4 is 0 Å². The number of fused-ring (bicyclic) bond motifs is 10. The fourth-order valence-electron chi connectivity index (χ4n) is 8.69. The second kappa shape index (κ2) is 10.3. The Bertz CT molecular complexity index is 2630. The van der Waals surface area contributed by atoms with Gasteiger partial charge in [0.1, 0.15) is 0 Å². The summed E-state index contributed by atoms with van der Waals surface area (Å²) in [6, 6.07) is 50.1. The summed E-state index contributed by atoms with van der Waals surface area (Å²) in [7, 11) is 0. The van der Waals surface area contributed by atoms with Crippen LogP contribution in [-0.2, 0) is 10.8 Å². The highest BCUT2D eigenvalue weighted by Gasteiger charge is 2.43. The molecule has 1 heterocycles. The Hall–Kier alpha value is -5.93. The summed E-state index contributed by atoms with van der Waals surface area (Å²) in [6.45, 7) is 9.53. The molecular formula is C47H35N3. The van der Waals surface area contributed by atoms with Crippen LogP contribution >= 0.6 is 0 Å². The third kappa shape index (κ3) is 4.01. The van der Waals surface area contributed by atoms with Crippen molar-refractivity contribution >= 4 is 21.5 Å². The van der Waals surface area contributed by atoms with Gasteiger partial charge < -0.3 is 0 Å². The van der Waals surface area contributed by atoms with Gasteiger partial charge in [-0.15, -0.1) is 0 Å². The minimum absolute atomic E-state index is 0.112. The van der Waals surface area contributed by atoms with Crippen molar-refractivity contribution in [2.75, 3.05) is 0 Å². The molecule has 3 nitrogen and oxygen atoms in total. The minimum atomic E-state index is -0.243. The molecule has 0 N–H and O–H groups in total. The van der Waals surface area contributed by atoms with Gasteiger partial charge >= 0.3 is 0 Å². The van der Waals surface area contributed by atoms with Gasteiger partial charge in [-0.25, -0.2) is 15.0 Å². The molecule has 50 heavy (non-hydrogen) atoms. The maximum atomic E-state index is 5.17. The number of hydrogen-bond acceptors (Lipinski definition) is 3. The largest absolute Gasteiger partial charge is 0.208 e. The molecule has 0 fully saturated rings. The Morgan fingerprint density at radius 3 is 1.44 bits per heavy atom. The van der Waals surface area contributed by atoms with E-state index in [1.54, 1.807) is 0 Å². The zero-order chi connectivity index (χ0) is 33.8. The summed E-state index contributed by atoms with van der Waals surface area (Å²) >= 11 is 0. The average Bonchev–Trinajstić information content (AvgIpc) is 3.53. The molecule has 0 radical (unpaired) electrons. The molecule has 0 bridgehead atoms. The van der Waals surface area contributed by atoms with Crippen LogP contribution in [-0.4, -0.2) is 15.0 Å². The van der Waals surface area contributed by atoms with Crippen LogP contribution in [0.5, 0.6) is 0 Å². The third-order valence-corrected chi connectivity index (χ3v) is 11.3. The molecule has 2 aliphatic rings. The molecule has 238 valence electrons. The van der Waals surface area contributed by atoms with E-state index in [1.165, 1.54) is 60.7 Å². The smallest absolute Gasteiger partial charge is 0.164 e. The van der Waals surface area contributed by atoms with Gasteiger partial charge in [0.25, 0.3) is 0 Å². The van der Waals surface area contributed by atoms with Crippen molar-refractivity contribution in [2.45, 2.75) is 38.5 Å². The molecule has 0 spiro atoms. The topological polar surface area (TPSA) is 38.7 Å². The van der Waals surface area contributed by atoms with E-state index in [0.29, 0.717) is 17.5 Å². The summed E-state index contributed by atoms with van der Waals surface area (Å²) in [5, 5.41) is 4.99. The highest BCUT2D eigenvalue weighted by atomic mass is 15.0. The first-order valence-electron chi connectivity index (χ1n) is 17.5. The van der Waals surface area contributed by atoms with E-state index in [-0.39, 0.29) is 10.8 Å². The van der Waals surface area contributed by atoms with Crippen molar-refractivity contribution < 1.29 is 0 Å². The van der Waals surface area contributed by atoms with E-state index in [1.807, 2.05) is 36.4 Å². The van der Waals surface area contributed by atoms with Crippen LogP contribution in [0.1, 0.15) is 49.9 Å². The van der Waals surface area contributed by atoms with Gasteiger partial charge in [0.2, 0.25) is 0 Å². The molecule has 3 heteroatoms. The lowest BCUT2D eigenvalue weighted by Crippen LogP contribution is -2.17. The van der Waals surface area contributed by atoms with Crippen molar-refractivity contribution in [1.29, 1.82) is 0 Å². The summed E-state index contributed by atoms with van der Waals surface area (Å²) in [6.07, 6.45) is 0. The summed E-state index contributed by atoms with van der Waals surface area (Å²) < 4.78 is 0. The van der Waals surface area contributed by atoms with Gasteiger partial charge in [-0.05, 0) is 84.3 Å². The van der Waals surface area contributed by atoms with Crippen molar-refractivity contribution in [3.8, 4) is 56.4 Å². The SMILES string of the molecule is CC1(C)c2cc3c(cc2-c2c1ccc1ccccc21)C(C)(C)c1cc(-c2nc(-c4ccccc4)nc(-c4ccccc4)n2)c2ccccc2c1-3. The van der Waals surface area contributed by atoms with Crippen molar-refractivity contribution in [3.05, 3.63) is 162 Å². The first-order valence-corrected chi connectivity index (χ1v) is 17.5. The molecule has 0 atom stereocenters. The van der Waals surface area contributed by atoms with Crippen LogP contribution in [0.4, 0.5) is 0 Å². The number of aromatic nitrogens is 3. The fraction of sp³-hybridized carbons (Fsp3) is 0.128. The lowest BCUT2D eigenvalue weighted by Gasteiger charge is -2.24. The van der Waals surface area contributed by atoms with E-state index in [4.69, 9.17) is 15.0 Å². The molecule has 0 aliphatic heterocycles. The summed E-state index contributed by atoms with van der Waals surface area (Å²) in [4.78, 5) is 15.3. The predicted octanol–water partition coefficient (Wildman–Crippen LogP) is 11.8. The van der Waals surface area contributed by atoms with E-state index in [0.717, 1.165) is 22.1 Å². The van der Waals surface area contributed by atoms with Crippen LogP contribution in [0.2, 0.25) is 0 Å². The molecule has 10 rings (SSSR count). The Morgan fingerprint density at radius 1 is 0.360 bits per heavy atom. The normalized spacial score (nSPS) is 14.7. The Labute approximate surface area is 292 Å². The molecule has 7 aromatic carbocycles. The summed E-state index contributed by atoms with van der Waals surface area (Å²) in [5.74, 6) is 2.03. The molecule has 0 saturated carbocycles. The van der Waals surface area contributed by atoms with E-state index in [9.17, 15) is 0 Å². The molecule has 2 aliphatic carbocycles. The number of hydrogen-bond donors (Lipinski definition) is 0. The summed E-state index contributed by atoms with van der Waals surface area (Å²) in [5.41, 5.74) is 13.5. The number of rotatable bonds is 3. The maximum absolute atomic E-state index is 5.17. The Morgan fingerprint density at radius 2 is 0.820 bits per heavy atom. The Balaban J connectivity index is 1.23. The lowest BCUT2D eigenvalue weighted by atomic mass is 9.79. The zero-order valence-corrected chi connectivity index (χ0v) is 28.6. The highest BCUT2D eigenvalue weighted by Crippen LogP contribution is 2.59. The second-order valence-corrected chi connectivity index (χ2v) is 14.8. The molecule has 8 aromatic rings. The highest BCUT2D eigenvalue weighted by molar-refractivity contribution is 6.10. The second-order valence-electron chi connectivity index (χ2n) is 14.8. The first kappa shape index (κ1) is 29.0. The quantitative estimate of drug-likeness (QED) is 0.193. The third-order valence-electron chi connectivity index (χ3n) is 11.3. The van der Waals surface area contributed by atoms with Crippen LogP contribution in [0.3, 0.4) is 0 Å². The fourth-order valence-corrected chi connectivity index (χ4v) is 8.69. The lowest BCUT2D eigenvalue weighted by molar-refractivity contribution is 0.652. The monoisotopic (exact) mass is 641 g/mol. The minimum Gasteiger partial charge on any atom is -0.208 e.